The first kappa shape index (κ1) is 16.8. The Kier molecular flexibility index (Phi) is 4.54. The molecule has 1 aromatic heterocycles. The Morgan fingerprint density at radius 1 is 1.45 bits per heavy atom. The lowest BCUT2D eigenvalue weighted by molar-refractivity contribution is -0.0511. The number of hydrogen-bond acceptors (Lipinski definition) is 8. The number of carboxylic acid groups (broad SMARTS) is 1. The first-order chi connectivity index (χ1) is 10.1. The summed E-state index contributed by atoms with van der Waals surface area (Å²) in [7, 11) is -4.77. The van der Waals surface area contributed by atoms with Crippen LogP contribution in [0.4, 0.5) is 5.82 Å². The molecule has 1 aromatic rings. The van der Waals surface area contributed by atoms with E-state index in [9.17, 15) is 19.6 Å². The van der Waals surface area contributed by atoms with E-state index in [0.29, 0.717) is 0 Å². The number of imidazole rings is 1. The number of anilines is 1. The molecule has 1 aliphatic heterocycles. The van der Waals surface area contributed by atoms with Gasteiger partial charge in [-0.2, -0.15) is 0 Å². The molecule has 0 unspecified atom stereocenters. The fourth-order valence-corrected chi connectivity index (χ4v) is 2.35. The lowest BCUT2D eigenvalue weighted by Crippen LogP contribution is -2.33. The summed E-state index contributed by atoms with van der Waals surface area (Å²) in [6.07, 6.45) is -4.56. The summed E-state index contributed by atoms with van der Waals surface area (Å²) < 4.78 is 21.1. The van der Waals surface area contributed by atoms with Crippen LogP contribution < -0.4 is 5.73 Å². The number of nitrogen functional groups attached to an aromatic ring is 1. The average molecular weight is 339 g/mol. The lowest BCUT2D eigenvalue weighted by Gasteiger charge is -2.17. The molecular weight excluding hydrogens is 325 g/mol. The number of aliphatic hydroxyl groups excluding tert-OH is 2. The fraction of sp³-hybridized carbons (Fsp3) is 0.556. The van der Waals surface area contributed by atoms with Gasteiger partial charge in [0.2, 0.25) is 0 Å². The zero-order chi connectivity index (χ0) is 16.7. The highest BCUT2D eigenvalue weighted by atomic mass is 31.2. The Balaban J connectivity index is 2.16. The number of rotatable bonds is 5. The number of ether oxygens (including phenoxy) is 1. The quantitative estimate of drug-likeness (QED) is 0.321. The van der Waals surface area contributed by atoms with Crippen molar-refractivity contribution in [3.8, 4) is 0 Å². The summed E-state index contributed by atoms with van der Waals surface area (Å²) in [6, 6.07) is 0. The van der Waals surface area contributed by atoms with Crippen molar-refractivity contribution in [2.75, 3.05) is 12.3 Å². The van der Waals surface area contributed by atoms with E-state index in [4.69, 9.17) is 25.4 Å². The smallest absolute Gasteiger partial charge is 0.469 e. The monoisotopic (exact) mass is 339 g/mol. The van der Waals surface area contributed by atoms with Crippen molar-refractivity contribution in [3.63, 3.8) is 0 Å². The molecule has 1 saturated heterocycles. The highest BCUT2D eigenvalue weighted by molar-refractivity contribution is 7.46. The molecule has 0 bridgehead atoms. The van der Waals surface area contributed by atoms with Crippen LogP contribution in [0.25, 0.3) is 0 Å². The van der Waals surface area contributed by atoms with Gasteiger partial charge in [-0.1, -0.05) is 0 Å². The molecule has 7 N–H and O–H groups in total. The lowest BCUT2D eigenvalue weighted by atomic mass is 10.1. The van der Waals surface area contributed by atoms with Gasteiger partial charge in [-0.25, -0.2) is 14.3 Å². The summed E-state index contributed by atoms with van der Waals surface area (Å²) >= 11 is 0. The van der Waals surface area contributed by atoms with Crippen LogP contribution in [-0.2, 0) is 13.8 Å². The number of carbonyl (C=O) groups is 1. The highest BCUT2D eigenvalue weighted by Gasteiger charge is 2.45. The molecule has 124 valence electrons. The predicted octanol–water partition coefficient (Wildman–Crippen LogP) is -2.11. The SMILES string of the molecule is Nc1c(C(=O)O)ncn1[C@@H]1O[C@H](COP(=O)(O)O)[C@H](O)[C@H]1O. The maximum Gasteiger partial charge on any atom is 0.469 e. The number of phosphoric acid groups is 1. The number of aliphatic hydroxyl groups is 2. The maximum absolute atomic E-state index is 10.9. The minimum absolute atomic E-state index is 0.305. The Hall–Kier alpha value is -1.53. The minimum Gasteiger partial charge on any atom is -0.476 e. The number of hydrogen-bond donors (Lipinski definition) is 6. The molecule has 0 spiro atoms. The van der Waals surface area contributed by atoms with E-state index in [1.165, 1.54) is 0 Å². The highest BCUT2D eigenvalue weighted by Crippen LogP contribution is 2.38. The zero-order valence-electron chi connectivity index (χ0n) is 10.9. The summed E-state index contributed by atoms with van der Waals surface area (Å²) in [5, 5.41) is 28.6. The molecule has 2 heterocycles. The van der Waals surface area contributed by atoms with Gasteiger partial charge in [0.15, 0.2) is 11.9 Å². The van der Waals surface area contributed by atoms with Crippen LogP contribution in [0.5, 0.6) is 0 Å². The largest absolute Gasteiger partial charge is 0.476 e. The molecule has 0 aliphatic carbocycles. The number of carboxylic acids is 1. The van der Waals surface area contributed by atoms with E-state index in [-0.39, 0.29) is 5.82 Å². The van der Waals surface area contributed by atoms with Crippen LogP contribution in [0, 0.1) is 0 Å². The molecular formula is C9H14N3O9P. The molecule has 0 saturated carbocycles. The molecule has 0 amide bonds. The predicted molar refractivity (Wildman–Crippen MR) is 67.5 cm³/mol. The zero-order valence-corrected chi connectivity index (χ0v) is 11.8. The summed E-state index contributed by atoms with van der Waals surface area (Å²) in [4.78, 5) is 31.6. The van der Waals surface area contributed by atoms with Crippen molar-refractivity contribution in [1.82, 2.24) is 9.55 Å². The number of nitrogens with zero attached hydrogens (tertiary/aromatic N) is 2. The van der Waals surface area contributed by atoms with Gasteiger partial charge in [-0.05, 0) is 0 Å². The number of phosphoric ester groups is 1. The Labute approximate surface area is 123 Å². The normalized spacial score (nSPS) is 28.9. The van der Waals surface area contributed by atoms with Gasteiger partial charge < -0.3 is 35.6 Å². The van der Waals surface area contributed by atoms with Crippen molar-refractivity contribution >= 4 is 19.6 Å². The molecule has 1 aliphatic rings. The van der Waals surface area contributed by atoms with Gasteiger partial charge in [-0.3, -0.25) is 9.09 Å². The van der Waals surface area contributed by atoms with Crippen molar-refractivity contribution in [3.05, 3.63) is 12.0 Å². The third-order valence-electron chi connectivity index (χ3n) is 3.05. The maximum atomic E-state index is 10.9. The van der Waals surface area contributed by atoms with E-state index < -0.39 is 50.6 Å². The standard InChI is InChI=1S/C9H14N3O9P/c10-7-4(9(15)16)11-2-12(7)8-6(14)5(13)3(21-8)1-20-22(17,18)19/h2-3,5-6,8,13-14H,1,10H2,(H,15,16)(H2,17,18,19)/t3-,5+,6-,8-/m1/s1. The molecule has 2 rings (SSSR count). The third-order valence-corrected chi connectivity index (χ3v) is 3.54. The van der Waals surface area contributed by atoms with Crippen LogP contribution in [-0.4, -0.2) is 65.5 Å². The van der Waals surface area contributed by atoms with E-state index in [1.54, 1.807) is 0 Å². The Morgan fingerprint density at radius 2 is 2.09 bits per heavy atom. The van der Waals surface area contributed by atoms with Crippen molar-refractivity contribution < 1.29 is 43.7 Å². The second-order valence-electron chi connectivity index (χ2n) is 4.52. The summed E-state index contributed by atoms with van der Waals surface area (Å²) in [6.45, 7) is -0.681. The van der Waals surface area contributed by atoms with Crippen molar-refractivity contribution in [1.29, 1.82) is 0 Å². The van der Waals surface area contributed by atoms with Crippen LogP contribution in [0.2, 0.25) is 0 Å². The van der Waals surface area contributed by atoms with Crippen LogP contribution >= 0.6 is 7.82 Å². The number of aromatic nitrogens is 2. The van der Waals surface area contributed by atoms with Crippen LogP contribution in [0.15, 0.2) is 6.33 Å². The molecule has 13 heteroatoms. The molecule has 1 fully saturated rings. The summed E-state index contributed by atoms with van der Waals surface area (Å²) in [5.41, 5.74) is 5.11. The molecule has 4 atom stereocenters. The number of nitrogens with two attached hydrogens (primary N) is 1. The van der Waals surface area contributed by atoms with E-state index in [1.807, 2.05) is 0 Å². The van der Waals surface area contributed by atoms with E-state index >= 15 is 0 Å². The second-order valence-corrected chi connectivity index (χ2v) is 5.76. The van der Waals surface area contributed by atoms with Gasteiger partial charge >= 0.3 is 13.8 Å². The van der Waals surface area contributed by atoms with Gasteiger partial charge in [0.05, 0.1) is 12.9 Å². The van der Waals surface area contributed by atoms with Crippen LogP contribution in [0.3, 0.4) is 0 Å². The molecule has 22 heavy (non-hydrogen) atoms. The molecule has 0 radical (unpaired) electrons. The first-order valence-corrected chi connectivity index (χ1v) is 7.42. The third kappa shape index (κ3) is 3.28. The van der Waals surface area contributed by atoms with Gasteiger partial charge in [0, 0.05) is 0 Å². The Bertz CT molecular complexity index is 613. The second kappa shape index (κ2) is 5.93. The fourth-order valence-electron chi connectivity index (χ4n) is 2.01. The molecule has 12 nitrogen and oxygen atoms in total. The first-order valence-electron chi connectivity index (χ1n) is 5.89. The average Bonchev–Trinajstić information content (AvgIpc) is 2.90. The van der Waals surface area contributed by atoms with Gasteiger partial charge in [0.1, 0.15) is 24.1 Å². The van der Waals surface area contributed by atoms with Gasteiger partial charge in [-0.15, -0.1) is 0 Å². The molecule has 0 aromatic carbocycles. The van der Waals surface area contributed by atoms with E-state index in [0.717, 1.165) is 10.9 Å². The van der Waals surface area contributed by atoms with Gasteiger partial charge in [0.25, 0.3) is 0 Å². The van der Waals surface area contributed by atoms with E-state index in [2.05, 4.69) is 9.51 Å². The van der Waals surface area contributed by atoms with Crippen molar-refractivity contribution in [2.45, 2.75) is 24.5 Å². The minimum atomic E-state index is -4.77. The summed E-state index contributed by atoms with van der Waals surface area (Å²) in [5.74, 6) is -1.69. The number of aromatic carboxylic acids is 1. The Morgan fingerprint density at radius 3 is 2.59 bits per heavy atom. The van der Waals surface area contributed by atoms with Crippen LogP contribution in [0.1, 0.15) is 16.7 Å². The topological polar surface area (TPSA) is 198 Å². The van der Waals surface area contributed by atoms with Crippen molar-refractivity contribution in [2.24, 2.45) is 0 Å².